The Morgan fingerprint density at radius 1 is 1.62 bits per heavy atom. The number of ether oxygens (including phenoxy) is 2. The Kier molecular flexibility index (Phi) is 3.90. The highest BCUT2D eigenvalue weighted by atomic mass is 32.1. The van der Waals surface area contributed by atoms with Crippen molar-refractivity contribution in [2.24, 2.45) is 0 Å². The van der Waals surface area contributed by atoms with Crippen LogP contribution in [0.2, 0.25) is 0 Å². The van der Waals surface area contributed by atoms with Crippen molar-refractivity contribution in [3.05, 3.63) is 16.1 Å². The Hall–Kier alpha value is -0.940. The van der Waals surface area contributed by atoms with E-state index in [4.69, 9.17) is 4.74 Å². The van der Waals surface area contributed by atoms with Gasteiger partial charge in [-0.25, -0.2) is 4.98 Å². The molecule has 1 aromatic heterocycles. The largest absolute Gasteiger partial charge is 0.469 e. The van der Waals surface area contributed by atoms with Gasteiger partial charge in [-0.15, -0.1) is 11.3 Å². The molecule has 0 atom stereocenters. The maximum absolute atomic E-state index is 11.1. The normalized spacial score (nSPS) is 17.3. The topological polar surface area (TPSA) is 48.4 Å². The number of hydrogen-bond donors (Lipinski definition) is 0. The van der Waals surface area contributed by atoms with Crippen LogP contribution in [0.5, 0.6) is 0 Å². The zero-order valence-electron chi connectivity index (χ0n) is 9.27. The number of aromatic nitrogens is 1. The van der Waals surface area contributed by atoms with E-state index in [-0.39, 0.29) is 12.4 Å². The SMILES string of the molecule is COC(=O)Cc1csc(C2CCOCC2)n1. The molecule has 1 saturated heterocycles. The first-order valence-corrected chi connectivity index (χ1v) is 6.26. The molecule has 88 valence electrons. The van der Waals surface area contributed by atoms with Crippen LogP contribution in [-0.4, -0.2) is 31.3 Å². The van der Waals surface area contributed by atoms with E-state index in [1.54, 1.807) is 11.3 Å². The van der Waals surface area contributed by atoms with Gasteiger partial charge in [0.15, 0.2) is 0 Å². The van der Waals surface area contributed by atoms with Crippen LogP contribution in [0.25, 0.3) is 0 Å². The van der Waals surface area contributed by atoms with Crippen molar-refractivity contribution in [2.45, 2.75) is 25.2 Å². The van der Waals surface area contributed by atoms with E-state index in [1.807, 2.05) is 5.38 Å². The van der Waals surface area contributed by atoms with Gasteiger partial charge in [0.05, 0.1) is 24.2 Å². The monoisotopic (exact) mass is 241 g/mol. The number of nitrogens with zero attached hydrogens (tertiary/aromatic N) is 1. The summed E-state index contributed by atoms with van der Waals surface area (Å²) in [6.07, 6.45) is 2.34. The van der Waals surface area contributed by atoms with Crippen LogP contribution in [0.15, 0.2) is 5.38 Å². The van der Waals surface area contributed by atoms with E-state index in [0.29, 0.717) is 5.92 Å². The summed E-state index contributed by atoms with van der Waals surface area (Å²) in [5.41, 5.74) is 0.818. The fourth-order valence-corrected chi connectivity index (χ4v) is 2.75. The Morgan fingerprint density at radius 2 is 2.38 bits per heavy atom. The van der Waals surface area contributed by atoms with E-state index in [2.05, 4.69) is 9.72 Å². The first-order chi connectivity index (χ1) is 7.79. The predicted molar refractivity (Wildman–Crippen MR) is 60.6 cm³/mol. The quantitative estimate of drug-likeness (QED) is 0.756. The number of rotatable bonds is 3. The molecule has 0 N–H and O–H groups in total. The predicted octanol–water partition coefficient (Wildman–Crippen LogP) is 1.75. The van der Waals surface area contributed by atoms with Crippen molar-refractivity contribution < 1.29 is 14.3 Å². The third kappa shape index (κ3) is 2.80. The number of thiazole rings is 1. The van der Waals surface area contributed by atoms with Gasteiger partial charge in [-0.05, 0) is 12.8 Å². The summed E-state index contributed by atoms with van der Waals surface area (Å²) in [6.45, 7) is 1.63. The van der Waals surface area contributed by atoms with Gasteiger partial charge in [0.2, 0.25) is 0 Å². The smallest absolute Gasteiger partial charge is 0.311 e. The molecule has 0 saturated carbocycles. The van der Waals surface area contributed by atoms with Crippen molar-refractivity contribution >= 4 is 17.3 Å². The highest BCUT2D eigenvalue weighted by molar-refractivity contribution is 7.09. The Labute approximate surface area is 98.6 Å². The average molecular weight is 241 g/mol. The first-order valence-electron chi connectivity index (χ1n) is 5.38. The fourth-order valence-electron chi connectivity index (χ4n) is 1.76. The molecule has 16 heavy (non-hydrogen) atoms. The van der Waals surface area contributed by atoms with Crippen LogP contribution in [0.4, 0.5) is 0 Å². The second-order valence-corrected chi connectivity index (χ2v) is 4.71. The van der Waals surface area contributed by atoms with Gasteiger partial charge in [-0.3, -0.25) is 4.79 Å². The zero-order valence-corrected chi connectivity index (χ0v) is 10.1. The molecule has 0 unspecified atom stereocenters. The maximum Gasteiger partial charge on any atom is 0.311 e. The molecule has 0 aliphatic carbocycles. The van der Waals surface area contributed by atoms with Gasteiger partial charge < -0.3 is 9.47 Å². The fraction of sp³-hybridized carbons (Fsp3) is 0.636. The van der Waals surface area contributed by atoms with E-state index < -0.39 is 0 Å². The third-order valence-electron chi connectivity index (χ3n) is 2.69. The van der Waals surface area contributed by atoms with Gasteiger partial charge >= 0.3 is 5.97 Å². The summed E-state index contributed by atoms with van der Waals surface area (Å²) in [4.78, 5) is 15.6. The van der Waals surface area contributed by atoms with Gasteiger partial charge in [0.1, 0.15) is 0 Å². The van der Waals surface area contributed by atoms with Crippen LogP contribution >= 0.6 is 11.3 Å². The standard InChI is InChI=1S/C11H15NO3S/c1-14-10(13)6-9-7-16-11(12-9)8-2-4-15-5-3-8/h7-8H,2-6H2,1H3. The maximum atomic E-state index is 11.1. The lowest BCUT2D eigenvalue weighted by atomic mass is 10.0. The van der Waals surface area contributed by atoms with Gasteiger partial charge in [0, 0.05) is 24.5 Å². The molecule has 0 aromatic carbocycles. The molecule has 5 heteroatoms. The molecule has 2 heterocycles. The van der Waals surface area contributed by atoms with Crippen molar-refractivity contribution in [1.82, 2.24) is 4.98 Å². The number of esters is 1. The van der Waals surface area contributed by atoms with E-state index in [9.17, 15) is 4.79 Å². The average Bonchev–Trinajstić information content (AvgIpc) is 2.78. The molecule has 0 amide bonds. The van der Waals surface area contributed by atoms with Crippen molar-refractivity contribution in [3.63, 3.8) is 0 Å². The Balaban J connectivity index is 1.98. The molecule has 0 radical (unpaired) electrons. The van der Waals surface area contributed by atoms with Crippen LogP contribution in [-0.2, 0) is 20.7 Å². The minimum Gasteiger partial charge on any atom is -0.469 e. The summed E-state index contributed by atoms with van der Waals surface area (Å²) in [7, 11) is 1.40. The number of hydrogen-bond acceptors (Lipinski definition) is 5. The molecular formula is C11H15NO3S. The highest BCUT2D eigenvalue weighted by Gasteiger charge is 2.19. The van der Waals surface area contributed by atoms with Gasteiger partial charge in [-0.1, -0.05) is 0 Å². The van der Waals surface area contributed by atoms with Crippen LogP contribution in [0.1, 0.15) is 29.5 Å². The summed E-state index contributed by atoms with van der Waals surface area (Å²) in [5, 5.41) is 3.07. The molecule has 0 bridgehead atoms. The summed E-state index contributed by atoms with van der Waals surface area (Å²) in [5.74, 6) is 0.272. The van der Waals surface area contributed by atoms with E-state index >= 15 is 0 Å². The molecule has 1 aliphatic rings. The lowest BCUT2D eigenvalue weighted by molar-refractivity contribution is -0.139. The van der Waals surface area contributed by atoms with Crippen molar-refractivity contribution in [1.29, 1.82) is 0 Å². The summed E-state index contributed by atoms with van der Waals surface area (Å²) < 4.78 is 9.93. The van der Waals surface area contributed by atoms with Crippen molar-refractivity contribution in [3.8, 4) is 0 Å². The third-order valence-corrected chi connectivity index (χ3v) is 3.75. The second-order valence-electron chi connectivity index (χ2n) is 3.82. The molecule has 1 fully saturated rings. The molecular weight excluding hydrogens is 226 g/mol. The number of carbonyl (C=O) groups is 1. The Bertz CT molecular complexity index is 358. The second kappa shape index (κ2) is 5.41. The van der Waals surface area contributed by atoms with Gasteiger partial charge in [0.25, 0.3) is 0 Å². The minimum atomic E-state index is -0.233. The molecule has 0 spiro atoms. The van der Waals surface area contributed by atoms with E-state index in [0.717, 1.165) is 36.8 Å². The van der Waals surface area contributed by atoms with E-state index in [1.165, 1.54) is 7.11 Å². The van der Waals surface area contributed by atoms with Crippen LogP contribution in [0, 0.1) is 0 Å². The lowest BCUT2D eigenvalue weighted by Gasteiger charge is -2.19. The van der Waals surface area contributed by atoms with Crippen molar-refractivity contribution in [2.75, 3.05) is 20.3 Å². The van der Waals surface area contributed by atoms with Crippen LogP contribution in [0.3, 0.4) is 0 Å². The first kappa shape index (κ1) is 11.5. The molecule has 2 rings (SSSR count). The summed E-state index contributed by atoms with van der Waals surface area (Å²) in [6, 6.07) is 0. The molecule has 1 aliphatic heterocycles. The lowest BCUT2D eigenvalue weighted by Crippen LogP contribution is -2.14. The highest BCUT2D eigenvalue weighted by Crippen LogP contribution is 2.29. The zero-order chi connectivity index (χ0) is 11.4. The molecule has 4 nitrogen and oxygen atoms in total. The Morgan fingerprint density at radius 3 is 3.06 bits per heavy atom. The number of carbonyl (C=O) groups excluding carboxylic acids is 1. The molecule has 1 aromatic rings. The van der Waals surface area contributed by atoms with Crippen LogP contribution < -0.4 is 0 Å². The van der Waals surface area contributed by atoms with Gasteiger partial charge in [-0.2, -0.15) is 0 Å². The minimum absolute atomic E-state index is 0.233. The summed E-state index contributed by atoms with van der Waals surface area (Å²) >= 11 is 1.63. The number of methoxy groups -OCH3 is 1.